The summed E-state index contributed by atoms with van der Waals surface area (Å²) in [7, 11) is 2.06. The summed E-state index contributed by atoms with van der Waals surface area (Å²) >= 11 is 4.35. The lowest BCUT2D eigenvalue weighted by Crippen LogP contribution is -2.42. The molecule has 0 atom stereocenters. The summed E-state index contributed by atoms with van der Waals surface area (Å²) in [6.07, 6.45) is 0. The molecule has 0 spiro atoms. The fourth-order valence-electron chi connectivity index (χ4n) is 2.70. The van der Waals surface area contributed by atoms with Gasteiger partial charge in [0.1, 0.15) is 0 Å². The smallest absolute Gasteiger partial charge is 0.258 e. The number of carbonyl (C=O) groups is 1. The van der Waals surface area contributed by atoms with Crippen molar-refractivity contribution >= 4 is 29.9 Å². The number of hydrogen-bond donors (Lipinski definition) is 1. The number of anilines is 2. The van der Waals surface area contributed by atoms with Crippen molar-refractivity contribution in [3.63, 3.8) is 0 Å². The summed E-state index contributed by atoms with van der Waals surface area (Å²) in [5.74, 6) is 0.0453. The van der Waals surface area contributed by atoms with Crippen LogP contribution in [-0.4, -0.2) is 26.0 Å². The Hall–Kier alpha value is -1.94. The Morgan fingerprint density at radius 3 is 2.57 bits per heavy atom. The number of thiol groups is 1. The molecule has 2 aromatic rings. The summed E-state index contributed by atoms with van der Waals surface area (Å²) < 4.78 is 0. The standard InChI is InChI=1S/C17H18N2OS/c1-12-7-8-13(21)11-14(12)17(20)19-10-9-18(2)15-5-3-4-6-16(15)19/h3-8,11,21H,9-10H2,1-2H3. The van der Waals surface area contributed by atoms with E-state index in [-0.39, 0.29) is 5.91 Å². The van der Waals surface area contributed by atoms with Gasteiger partial charge in [-0.25, -0.2) is 0 Å². The molecule has 1 aliphatic rings. The monoisotopic (exact) mass is 298 g/mol. The van der Waals surface area contributed by atoms with Gasteiger partial charge in [-0.15, -0.1) is 12.6 Å². The van der Waals surface area contributed by atoms with Crippen molar-refractivity contribution in [2.24, 2.45) is 0 Å². The van der Waals surface area contributed by atoms with Crippen molar-refractivity contribution in [3.8, 4) is 0 Å². The van der Waals surface area contributed by atoms with Gasteiger partial charge in [0, 0.05) is 30.6 Å². The van der Waals surface area contributed by atoms with Gasteiger partial charge < -0.3 is 9.80 Å². The van der Waals surface area contributed by atoms with E-state index in [1.807, 2.05) is 48.2 Å². The molecule has 4 heteroatoms. The highest BCUT2D eigenvalue weighted by Gasteiger charge is 2.26. The minimum Gasteiger partial charge on any atom is -0.371 e. The molecule has 21 heavy (non-hydrogen) atoms. The molecule has 2 aromatic carbocycles. The van der Waals surface area contributed by atoms with Crippen LogP contribution in [0.1, 0.15) is 15.9 Å². The second kappa shape index (κ2) is 5.45. The first-order valence-corrected chi connectivity index (χ1v) is 7.44. The summed E-state index contributed by atoms with van der Waals surface area (Å²) in [4.78, 5) is 17.8. The lowest BCUT2D eigenvalue weighted by molar-refractivity contribution is 0.0986. The predicted octanol–water partition coefficient (Wildman–Crippen LogP) is 3.38. The lowest BCUT2D eigenvalue weighted by atomic mass is 10.1. The summed E-state index contributed by atoms with van der Waals surface area (Å²) in [6.45, 7) is 3.49. The molecule has 0 saturated heterocycles. The van der Waals surface area contributed by atoms with Crippen molar-refractivity contribution < 1.29 is 4.79 Å². The largest absolute Gasteiger partial charge is 0.371 e. The van der Waals surface area contributed by atoms with Crippen LogP contribution in [0.2, 0.25) is 0 Å². The van der Waals surface area contributed by atoms with Gasteiger partial charge in [0.25, 0.3) is 5.91 Å². The van der Waals surface area contributed by atoms with Crippen molar-refractivity contribution in [1.82, 2.24) is 0 Å². The minimum atomic E-state index is 0.0453. The highest BCUT2D eigenvalue weighted by molar-refractivity contribution is 7.80. The molecule has 1 aliphatic heterocycles. The molecule has 0 aliphatic carbocycles. The molecule has 0 aromatic heterocycles. The summed E-state index contributed by atoms with van der Waals surface area (Å²) in [5, 5.41) is 0. The maximum absolute atomic E-state index is 12.9. The SMILES string of the molecule is Cc1ccc(S)cc1C(=O)N1CCN(C)c2ccccc21. The minimum absolute atomic E-state index is 0.0453. The number of nitrogens with zero attached hydrogens (tertiary/aromatic N) is 2. The highest BCUT2D eigenvalue weighted by Crippen LogP contribution is 2.33. The molecule has 1 amide bonds. The first-order chi connectivity index (χ1) is 10.1. The second-order valence-electron chi connectivity index (χ2n) is 5.37. The molecule has 0 radical (unpaired) electrons. The second-order valence-corrected chi connectivity index (χ2v) is 5.88. The van der Waals surface area contributed by atoms with Gasteiger partial charge in [-0.2, -0.15) is 0 Å². The van der Waals surface area contributed by atoms with E-state index < -0.39 is 0 Å². The molecule has 0 N–H and O–H groups in total. The van der Waals surface area contributed by atoms with Gasteiger partial charge in [0.05, 0.1) is 11.4 Å². The zero-order valence-corrected chi connectivity index (χ0v) is 13.1. The average molecular weight is 298 g/mol. The number of carbonyl (C=O) groups excluding carboxylic acids is 1. The topological polar surface area (TPSA) is 23.6 Å². The fraction of sp³-hybridized carbons (Fsp3) is 0.235. The Labute approximate surface area is 130 Å². The van der Waals surface area contributed by atoms with Crippen LogP contribution in [0.5, 0.6) is 0 Å². The Morgan fingerprint density at radius 2 is 1.81 bits per heavy atom. The van der Waals surface area contributed by atoms with Crippen molar-refractivity contribution in [2.75, 3.05) is 29.9 Å². The van der Waals surface area contributed by atoms with Gasteiger partial charge in [-0.3, -0.25) is 4.79 Å². The molecule has 108 valence electrons. The van der Waals surface area contributed by atoms with Gasteiger partial charge in [-0.05, 0) is 36.8 Å². The van der Waals surface area contributed by atoms with Gasteiger partial charge in [-0.1, -0.05) is 18.2 Å². The molecule has 0 unspecified atom stereocenters. The first kappa shape index (κ1) is 14.0. The zero-order chi connectivity index (χ0) is 15.0. The number of amides is 1. The maximum atomic E-state index is 12.9. The van der Waals surface area contributed by atoms with Gasteiger partial charge in [0.15, 0.2) is 0 Å². The van der Waals surface area contributed by atoms with Crippen LogP contribution in [0.25, 0.3) is 0 Å². The molecule has 3 rings (SSSR count). The molecule has 0 saturated carbocycles. The van der Waals surface area contributed by atoms with E-state index in [0.29, 0.717) is 6.54 Å². The van der Waals surface area contributed by atoms with Gasteiger partial charge >= 0.3 is 0 Å². The van der Waals surface area contributed by atoms with E-state index in [1.165, 1.54) is 0 Å². The van der Waals surface area contributed by atoms with Crippen LogP contribution in [0.4, 0.5) is 11.4 Å². The van der Waals surface area contributed by atoms with Crippen LogP contribution in [0, 0.1) is 6.92 Å². The average Bonchev–Trinajstić information content (AvgIpc) is 2.50. The molecular formula is C17H18N2OS. The Balaban J connectivity index is 2.03. The molecule has 3 nitrogen and oxygen atoms in total. The number of hydrogen-bond acceptors (Lipinski definition) is 3. The van der Waals surface area contributed by atoms with E-state index in [0.717, 1.165) is 33.9 Å². The third-order valence-corrected chi connectivity index (χ3v) is 4.22. The highest BCUT2D eigenvalue weighted by atomic mass is 32.1. The number of aryl methyl sites for hydroxylation is 1. The van der Waals surface area contributed by atoms with E-state index in [4.69, 9.17) is 0 Å². The number of para-hydroxylation sites is 2. The van der Waals surface area contributed by atoms with Crippen molar-refractivity contribution in [1.29, 1.82) is 0 Å². The maximum Gasteiger partial charge on any atom is 0.258 e. The molecule has 1 heterocycles. The van der Waals surface area contributed by atoms with E-state index in [1.54, 1.807) is 0 Å². The van der Waals surface area contributed by atoms with Crippen LogP contribution >= 0.6 is 12.6 Å². The third-order valence-electron chi connectivity index (χ3n) is 3.94. The summed E-state index contributed by atoms with van der Waals surface area (Å²) in [5.41, 5.74) is 3.77. The number of benzene rings is 2. The molecular weight excluding hydrogens is 280 g/mol. The van der Waals surface area contributed by atoms with Gasteiger partial charge in [0.2, 0.25) is 0 Å². The van der Waals surface area contributed by atoms with Crippen LogP contribution in [0.15, 0.2) is 47.4 Å². The lowest BCUT2D eigenvalue weighted by Gasteiger charge is -2.35. The number of likely N-dealkylation sites (N-methyl/N-ethyl adjacent to an activating group) is 1. The normalized spacial score (nSPS) is 14.0. The first-order valence-electron chi connectivity index (χ1n) is 6.99. The fourth-order valence-corrected chi connectivity index (χ4v) is 2.91. The zero-order valence-electron chi connectivity index (χ0n) is 12.2. The predicted molar refractivity (Wildman–Crippen MR) is 89.8 cm³/mol. The van der Waals surface area contributed by atoms with E-state index in [2.05, 4.69) is 30.6 Å². The number of rotatable bonds is 1. The van der Waals surface area contributed by atoms with Crippen LogP contribution in [0.3, 0.4) is 0 Å². The summed E-state index contributed by atoms with van der Waals surface area (Å²) in [6, 6.07) is 13.7. The van der Waals surface area contributed by atoms with Crippen molar-refractivity contribution in [2.45, 2.75) is 11.8 Å². The van der Waals surface area contributed by atoms with Crippen LogP contribution in [-0.2, 0) is 0 Å². The van der Waals surface area contributed by atoms with E-state index >= 15 is 0 Å². The third kappa shape index (κ3) is 2.51. The Morgan fingerprint density at radius 1 is 1.10 bits per heavy atom. The quantitative estimate of drug-likeness (QED) is 0.816. The van der Waals surface area contributed by atoms with E-state index in [9.17, 15) is 4.79 Å². The molecule has 0 fully saturated rings. The number of fused-ring (bicyclic) bond motifs is 1. The Kier molecular flexibility index (Phi) is 3.64. The Bertz CT molecular complexity index is 699. The van der Waals surface area contributed by atoms with Crippen molar-refractivity contribution in [3.05, 3.63) is 53.6 Å². The van der Waals surface area contributed by atoms with Crippen LogP contribution < -0.4 is 9.80 Å². The molecule has 0 bridgehead atoms.